The molecule has 0 aliphatic rings. The van der Waals surface area contributed by atoms with Gasteiger partial charge in [0.25, 0.3) is 5.91 Å². The van der Waals surface area contributed by atoms with E-state index in [9.17, 15) is 13.2 Å². The van der Waals surface area contributed by atoms with Crippen molar-refractivity contribution in [3.8, 4) is 5.88 Å². The van der Waals surface area contributed by atoms with Gasteiger partial charge in [0.15, 0.2) is 0 Å². The number of carbonyl (C=O) groups is 1. The lowest BCUT2D eigenvalue weighted by Crippen LogP contribution is -2.31. The molecule has 176 valence electrons. The molecule has 10 heteroatoms. The quantitative estimate of drug-likeness (QED) is 0.305. The monoisotopic (exact) mass is 501 g/mol. The summed E-state index contributed by atoms with van der Waals surface area (Å²) in [5.41, 5.74) is 1.36. The highest BCUT2D eigenvalue weighted by molar-refractivity contribution is 7.90. The summed E-state index contributed by atoms with van der Waals surface area (Å²) in [6.07, 6.45) is 6.74. The van der Waals surface area contributed by atoms with E-state index in [1.165, 1.54) is 12.2 Å². The molecule has 7 nitrogen and oxygen atoms in total. The molecule has 1 amide bonds. The number of ether oxygens (including phenoxy) is 1. The van der Waals surface area contributed by atoms with Gasteiger partial charge in [-0.3, -0.25) is 9.48 Å². The molecule has 0 fully saturated rings. The predicted molar refractivity (Wildman–Crippen MR) is 129 cm³/mol. The standard InChI is InChI=1S/C22H29Cl2N3O4S/c1-3-5-7-13-32(29,30)26-21(28)11-10-19-15-22(31-12-6-4-2)25-27(19)16-17-8-9-18(23)14-20(17)24/h8-11,14-15H,3-7,12-13,16H2,1-2H3,(H,26,28)/b11-10+. The summed E-state index contributed by atoms with van der Waals surface area (Å²) < 4.78 is 33.4. The molecule has 0 radical (unpaired) electrons. The van der Waals surface area contributed by atoms with Gasteiger partial charge >= 0.3 is 0 Å². The molecule has 0 atom stereocenters. The van der Waals surface area contributed by atoms with Crippen LogP contribution in [-0.4, -0.2) is 36.5 Å². The Balaban J connectivity index is 2.17. The first-order valence-corrected chi connectivity index (χ1v) is 13.0. The summed E-state index contributed by atoms with van der Waals surface area (Å²) >= 11 is 12.3. The van der Waals surface area contributed by atoms with Crippen molar-refractivity contribution >= 4 is 45.2 Å². The first-order chi connectivity index (χ1) is 15.2. The number of amides is 1. The number of nitrogens with one attached hydrogen (secondary N) is 1. The Hall–Kier alpha value is -2.03. The molecule has 0 saturated heterocycles. The second-order valence-electron chi connectivity index (χ2n) is 7.33. The average Bonchev–Trinajstić information content (AvgIpc) is 3.10. The number of rotatable bonds is 13. The van der Waals surface area contributed by atoms with Gasteiger partial charge in [-0.25, -0.2) is 13.1 Å². The number of hydrogen-bond acceptors (Lipinski definition) is 5. The fraction of sp³-hybridized carbons (Fsp3) is 0.455. The van der Waals surface area contributed by atoms with E-state index >= 15 is 0 Å². The van der Waals surface area contributed by atoms with E-state index in [-0.39, 0.29) is 5.75 Å². The number of halogens is 2. The van der Waals surface area contributed by atoms with E-state index in [1.54, 1.807) is 28.9 Å². The summed E-state index contributed by atoms with van der Waals surface area (Å²) in [6, 6.07) is 6.87. The van der Waals surface area contributed by atoms with Crippen LogP contribution in [0.1, 0.15) is 57.2 Å². The van der Waals surface area contributed by atoms with Crippen LogP contribution < -0.4 is 9.46 Å². The summed E-state index contributed by atoms with van der Waals surface area (Å²) in [5, 5.41) is 5.47. The fourth-order valence-electron chi connectivity index (χ4n) is 2.81. The number of benzene rings is 1. The predicted octanol–water partition coefficient (Wildman–Crippen LogP) is 5.07. The summed E-state index contributed by atoms with van der Waals surface area (Å²) in [5.74, 6) is -0.383. The molecule has 1 N–H and O–H groups in total. The highest BCUT2D eigenvalue weighted by atomic mass is 35.5. The van der Waals surface area contributed by atoms with Gasteiger partial charge in [0.1, 0.15) is 0 Å². The van der Waals surface area contributed by atoms with E-state index in [1.807, 2.05) is 6.92 Å². The molecule has 2 aromatic rings. The van der Waals surface area contributed by atoms with Crippen molar-refractivity contribution in [1.82, 2.24) is 14.5 Å². The zero-order valence-corrected chi connectivity index (χ0v) is 20.6. The number of aromatic nitrogens is 2. The van der Waals surface area contributed by atoms with Crippen LogP contribution in [0, 0.1) is 0 Å². The highest BCUT2D eigenvalue weighted by Crippen LogP contribution is 2.23. The molecule has 1 aromatic carbocycles. The SMILES string of the molecule is CCCCCS(=O)(=O)NC(=O)/C=C/c1cc(OCCCC)nn1Cc1ccc(Cl)cc1Cl. The Morgan fingerprint density at radius 1 is 1.16 bits per heavy atom. The van der Waals surface area contributed by atoms with E-state index < -0.39 is 15.9 Å². The van der Waals surface area contributed by atoms with E-state index in [2.05, 4.69) is 16.7 Å². The first kappa shape index (κ1) is 26.2. The molecular weight excluding hydrogens is 473 g/mol. The molecule has 1 heterocycles. The lowest BCUT2D eigenvalue weighted by atomic mass is 10.2. The largest absolute Gasteiger partial charge is 0.477 e. The third-order valence-electron chi connectivity index (χ3n) is 4.55. The normalized spacial score (nSPS) is 11.8. The van der Waals surface area contributed by atoms with Crippen molar-refractivity contribution in [3.05, 3.63) is 51.6 Å². The van der Waals surface area contributed by atoms with Crippen LogP contribution in [0.2, 0.25) is 10.0 Å². The van der Waals surface area contributed by atoms with Crippen molar-refractivity contribution in [2.75, 3.05) is 12.4 Å². The fourth-order valence-corrected chi connectivity index (χ4v) is 4.34. The Morgan fingerprint density at radius 3 is 2.59 bits per heavy atom. The number of hydrogen-bond donors (Lipinski definition) is 1. The Labute approximate surface area is 199 Å². The maximum atomic E-state index is 12.2. The van der Waals surface area contributed by atoms with Crippen LogP contribution in [0.3, 0.4) is 0 Å². The Bertz CT molecular complexity index is 1040. The molecule has 32 heavy (non-hydrogen) atoms. The van der Waals surface area contributed by atoms with Crippen molar-refractivity contribution in [3.63, 3.8) is 0 Å². The lowest BCUT2D eigenvalue weighted by molar-refractivity contribution is -0.114. The van der Waals surface area contributed by atoms with E-state index in [0.717, 1.165) is 31.2 Å². The summed E-state index contributed by atoms with van der Waals surface area (Å²) in [7, 11) is -3.66. The van der Waals surface area contributed by atoms with Crippen LogP contribution in [0.15, 0.2) is 30.3 Å². The van der Waals surface area contributed by atoms with Gasteiger partial charge in [0.2, 0.25) is 15.9 Å². The van der Waals surface area contributed by atoms with Crippen molar-refractivity contribution < 1.29 is 17.9 Å². The molecular formula is C22H29Cl2N3O4S. The molecule has 0 unspecified atom stereocenters. The maximum absolute atomic E-state index is 12.2. The van der Waals surface area contributed by atoms with E-state index in [4.69, 9.17) is 27.9 Å². The first-order valence-electron chi connectivity index (χ1n) is 10.6. The summed E-state index contributed by atoms with van der Waals surface area (Å²) in [6.45, 7) is 4.89. The highest BCUT2D eigenvalue weighted by Gasteiger charge is 2.14. The van der Waals surface area contributed by atoms with Crippen molar-refractivity contribution in [2.45, 2.75) is 52.5 Å². The zero-order chi connectivity index (χ0) is 23.6. The van der Waals surface area contributed by atoms with Crippen LogP contribution in [0.5, 0.6) is 5.88 Å². The van der Waals surface area contributed by atoms with Gasteiger partial charge in [-0.2, -0.15) is 0 Å². The Morgan fingerprint density at radius 2 is 1.91 bits per heavy atom. The molecule has 0 bridgehead atoms. The zero-order valence-electron chi connectivity index (χ0n) is 18.3. The van der Waals surface area contributed by atoms with Crippen LogP contribution in [0.25, 0.3) is 6.08 Å². The molecule has 0 aliphatic carbocycles. The van der Waals surface area contributed by atoms with Gasteiger partial charge in [0, 0.05) is 22.2 Å². The number of nitrogens with zero attached hydrogens (tertiary/aromatic N) is 2. The van der Waals surface area contributed by atoms with Gasteiger partial charge in [-0.1, -0.05) is 62.4 Å². The van der Waals surface area contributed by atoms with Crippen molar-refractivity contribution in [1.29, 1.82) is 0 Å². The number of sulfonamides is 1. The molecule has 1 aromatic heterocycles. The number of carbonyl (C=O) groups excluding carboxylic acids is 1. The van der Waals surface area contributed by atoms with Gasteiger partial charge in [-0.15, -0.1) is 5.10 Å². The minimum absolute atomic E-state index is 0.0805. The molecule has 0 saturated carbocycles. The second kappa shape index (κ2) is 12.9. The second-order valence-corrected chi connectivity index (χ2v) is 10.0. The van der Waals surface area contributed by atoms with Crippen LogP contribution in [0.4, 0.5) is 0 Å². The third-order valence-corrected chi connectivity index (χ3v) is 6.48. The molecule has 0 spiro atoms. The number of unbranched alkanes of at least 4 members (excludes halogenated alkanes) is 3. The lowest BCUT2D eigenvalue weighted by Gasteiger charge is -2.07. The summed E-state index contributed by atoms with van der Waals surface area (Å²) in [4.78, 5) is 12.2. The average molecular weight is 502 g/mol. The minimum atomic E-state index is -3.66. The van der Waals surface area contributed by atoms with Crippen LogP contribution >= 0.6 is 23.2 Å². The minimum Gasteiger partial charge on any atom is -0.477 e. The van der Waals surface area contributed by atoms with Gasteiger partial charge < -0.3 is 4.74 Å². The maximum Gasteiger partial charge on any atom is 0.257 e. The topological polar surface area (TPSA) is 90.3 Å². The van der Waals surface area contributed by atoms with Gasteiger partial charge in [0.05, 0.1) is 24.6 Å². The van der Waals surface area contributed by atoms with Crippen molar-refractivity contribution in [2.24, 2.45) is 0 Å². The molecule has 2 rings (SSSR count). The van der Waals surface area contributed by atoms with Gasteiger partial charge in [-0.05, 0) is 36.6 Å². The Kier molecular flexibility index (Phi) is 10.5. The van der Waals surface area contributed by atoms with Crippen LogP contribution in [-0.2, 0) is 21.4 Å². The third kappa shape index (κ3) is 8.84. The smallest absolute Gasteiger partial charge is 0.257 e. The molecule has 0 aliphatic heterocycles. The van der Waals surface area contributed by atoms with E-state index in [0.29, 0.717) is 41.2 Å².